The van der Waals surface area contributed by atoms with Gasteiger partial charge in [-0.25, -0.2) is 14.2 Å². The van der Waals surface area contributed by atoms with Crippen LogP contribution in [0.1, 0.15) is 51.2 Å². The van der Waals surface area contributed by atoms with Crippen molar-refractivity contribution in [3.63, 3.8) is 0 Å². The first-order valence-electron chi connectivity index (χ1n) is 8.54. The molecule has 1 aromatic heterocycles. The van der Waals surface area contributed by atoms with Crippen LogP contribution in [0.15, 0.2) is 41.8 Å². The molecule has 0 spiro atoms. The number of aromatic nitrogens is 1. The number of hydrogen-bond acceptors (Lipinski definition) is 5. The number of Topliss-reactive ketones (excluding diaryl/α,β-unsaturated/α-hetero) is 1. The minimum Gasteiger partial charge on any atom is -0.421 e. The molecule has 0 fully saturated rings. The Morgan fingerprint density at radius 1 is 1.22 bits per heavy atom. The Balaban J connectivity index is 1.61. The lowest BCUT2D eigenvalue weighted by molar-refractivity contribution is 0.0727. The third-order valence-electron chi connectivity index (χ3n) is 4.63. The maximum absolute atomic E-state index is 14.1. The van der Waals surface area contributed by atoms with Crippen LogP contribution in [0.5, 0.6) is 5.75 Å². The SMILES string of the molecule is Cc1ccc(-c2nc(C(=O)Oc3ccc(F)c4c3C(=O)CC4C)cs2)cc1. The number of esters is 1. The Morgan fingerprint density at radius 2 is 1.96 bits per heavy atom. The number of hydrogen-bond donors (Lipinski definition) is 0. The lowest BCUT2D eigenvalue weighted by atomic mass is 10.0. The highest BCUT2D eigenvalue weighted by Crippen LogP contribution is 2.40. The number of ether oxygens (including phenoxy) is 1. The summed E-state index contributed by atoms with van der Waals surface area (Å²) in [5.74, 6) is -1.45. The highest BCUT2D eigenvalue weighted by atomic mass is 32.1. The van der Waals surface area contributed by atoms with Gasteiger partial charge in [-0.3, -0.25) is 4.79 Å². The fourth-order valence-corrected chi connectivity index (χ4v) is 4.05. The van der Waals surface area contributed by atoms with Crippen LogP contribution in [0.3, 0.4) is 0 Å². The average Bonchev–Trinajstić information content (AvgIpc) is 3.24. The largest absolute Gasteiger partial charge is 0.421 e. The maximum atomic E-state index is 14.1. The van der Waals surface area contributed by atoms with E-state index in [9.17, 15) is 14.0 Å². The number of aryl methyl sites for hydroxylation is 1. The summed E-state index contributed by atoms with van der Waals surface area (Å²) in [4.78, 5) is 29.1. The summed E-state index contributed by atoms with van der Waals surface area (Å²) in [6.45, 7) is 3.78. The molecule has 4 rings (SSSR count). The van der Waals surface area contributed by atoms with E-state index in [1.165, 1.54) is 23.5 Å². The average molecular weight is 381 g/mol. The Kier molecular flexibility index (Phi) is 4.36. The second-order valence-electron chi connectivity index (χ2n) is 6.66. The number of carbonyl (C=O) groups is 2. The molecule has 0 bridgehead atoms. The number of thiazole rings is 1. The molecule has 27 heavy (non-hydrogen) atoms. The monoisotopic (exact) mass is 381 g/mol. The number of benzene rings is 2. The lowest BCUT2D eigenvalue weighted by Crippen LogP contribution is -2.11. The van der Waals surface area contributed by atoms with Gasteiger partial charge in [-0.2, -0.15) is 0 Å². The first-order chi connectivity index (χ1) is 12.9. The van der Waals surface area contributed by atoms with Crippen LogP contribution in [0.25, 0.3) is 10.6 Å². The molecule has 0 N–H and O–H groups in total. The van der Waals surface area contributed by atoms with Crippen LogP contribution in [-0.2, 0) is 0 Å². The maximum Gasteiger partial charge on any atom is 0.363 e. The molecule has 2 aromatic carbocycles. The number of fused-ring (bicyclic) bond motifs is 1. The number of ketones is 1. The van der Waals surface area contributed by atoms with Gasteiger partial charge in [-0.15, -0.1) is 11.3 Å². The second kappa shape index (κ2) is 6.70. The Bertz CT molecular complexity index is 1060. The van der Waals surface area contributed by atoms with E-state index in [1.807, 2.05) is 31.2 Å². The molecular weight excluding hydrogens is 365 g/mol. The number of carbonyl (C=O) groups excluding carboxylic acids is 2. The van der Waals surface area contributed by atoms with E-state index in [2.05, 4.69) is 4.98 Å². The van der Waals surface area contributed by atoms with Crippen LogP contribution in [0, 0.1) is 12.7 Å². The van der Waals surface area contributed by atoms with Gasteiger partial charge in [0.2, 0.25) is 0 Å². The van der Waals surface area contributed by atoms with E-state index in [4.69, 9.17) is 4.74 Å². The summed E-state index contributed by atoms with van der Waals surface area (Å²) in [5, 5.41) is 2.32. The molecule has 0 radical (unpaired) electrons. The number of nitrogens with zero attached hydrogens (tertiary/aromatic N) is 1. The summed E-state index contributed by atoms with van der Waals surface area (Å²) in [6, 6.07) is 10.4. The van der Waals surface area contributed by atoms with Crippen molar-refractivity contribution in [2.75, 3.05) is 0 Å². The van der Waals surface area contributed by atoms with E-state index >= 15 is 0 Å². The first-order valence-corrected chi connectivity index (χ1v) is 9.42. The molecule has 1 atom stereocenters. The summed E-state index contributed by atoms with van der Waals surface area (Å²) >= 11 is 1.34. The first kappa shape index (κ1) is 17.5. The molecule has 0 aliphatic heterocycles. The summed E-state index contributed by atoms with van der Waals surface area (Å²) in [7, 11) is 0. The fourth-order valence-electron chi connectivity index (χ4n) is 3.26. The Labute approximate surface area is 159 Å². The summed E-state index contributed by atoms with van der Waals surface area (Å²) in [5.41, 5.74) is 2.70. The zero-order valence-corrected chi connectivity index (χ0v) is 15.6. The topological polar surface area (TPSA) is 56.3 Å². The van der Waals surface area contributed by atoms with Crippen molar-refractivity contribution < 1.29 is 18.7 Å². The van der Waals surface area contributed by atoms with E-state index in [0.717, 1.165) is 11.1 Å². The molecule has 1 aliphatic carbocycles. The van der Waals surface area contributed by atoms with Gasteiger partial charge >= 0.3 is 5.97 Å². The molecule has 1 aliphatic rings. The van der Waals surface area contributed by atoms with Gasteiger partial charge in [0.15, 0.2) is 11.5 Å². The van der Waals surface area contributed by atoms with E-state index in [-0.39, 0.29) is 35.1 Å². The normalized spacial score (nSPS) is 15.7. The van der Waals surface area contributed by atoms with Crippen LogP contribution in [0.4, 0.5) is 4.39 Å². The molecule has 0 saturated heterocycles. The zero-order chi connectivity index (χ0) is 19.1. The van der Waals surface area contributed by atoms with Gasteiger partial charge in [0.05, 0.1) is 5.56 Å². The van der Waals surface area contributed by atoms with Crippen LogP contribution >= 0.6 is 11.3 Å². The van der Waals surface area contributed by atoms with Gasteiger partial charge in [0.1, 0.15) is 16.6 Å². The standard InChI is InChI=1S/C21H16FNO3S/c1-11-3-5-13(6-4-11)20-23-15(10-27-20)21(25)26-17-8-7-14(22)18-12(2)9-16(24)19(17)18/h3-8,10,12H,9H2,1-2H3. The highest BCUT2D eigenvalue weighted by Gasteiger charge is 2.33. The molecular formula is C21H16FNO3S. The molecule has 4 nitrogen and oxygen atoms in total. The van der Waals surface area contributed by atoms with Crippen LogP contribution in [-0.4, -0.2) is 16.7 Å². The van der Waals surface area contributed by atoms with E-state index < -0.39 is 11.8 Å². The molecule has 1 heterocycles. The van der Waals surface area contributed by atoms with Crippen molar-refractivity contribution in [2.24, 2.45) is 0 Å². The second-order valence-corrected chi connectivity index (χ2v) is 7.51. The third kappa shape index (κ3) is 3.17. The third-order valence-corrected chi connectivity index (χ3v) is 5.52. The predicted octanol–water partition coefficient (Wildman–Crippen LogP) is 5.17. The van der Waals surface area contributed by atoms with Crippen molar-refractivity contribution in [3.05, 3.63) is 70.0 Å². The van der Waals surface area contributed by atoms with Crippen molar-refractivity contribution in [1.29, 1.82) is 0 Å². The minimum atomic E-state index is -0.661. The lowest BCUT2D eigenvalue weighted by Gasteiger charge is -2.09. The van der Waals surface area contributed by atoms with Gasteiger partial charge < -0.3 is 4.74 Å². The van der Waals surface area contributed by atoms with Gasteiger partial charge in [0.25, 0.3) is 0 Å². The molecule has 6 heteroatoms. The van der Waals surface area contributed by atoms with Crippen LogP contribution in [0.2, 0.25) is 0 Å². The minimum absolute atomic E-state index is 0.0932. The van der Waals surface area contributed by atoms with E-state index in [1.54, 1.807) is 12.3 Å². The Morgan fingerprint density at radius 3 is 2.70 bits per heavy atom. The molecule has 1 unspecified atom stereocenters. The summed E-state index contributed by atoms with van der Waals surface area (Å²) < 4.78 is 19.5. The number of halogens is 1. The van der Waals surface area contributed by atoms with Crippen molar-refractivity contribution in [2.45, 2.75) is 26.2 Å². The van der Waals surface area contributed by atoms with Crippen LogP contribution < -0.4 is 4.74 Å². The van der Waals surface area contributed by atoms with E-state index in [0.29, 0.717) is 10.6 Å². The molecule has 3 aromatic rings. The highest BCUT2D eigenvalue weighted by molar-refractivity contribution is 7.13. The van der Waals surface area contributed by atoms with Gasteiger partial charge in [-0.05, 0) is 25.0 Å². The van der Waals surface area contributed by atoms with Gasteiger partial charge in [0, 0.05) is 22.9 Å². The summed E-state index contributed by atoms with van der Waals surface area (Å²) in [6.07, 6.45) is 0.217. The molecule has 0 amide bonds. The van der Waals surface area contributed by atoms with Crippen molar-refractivity contribution in [1.82, 2.24) is 4.98 Å². The van der Waals surface area contributed by atoms with Gasteiger partial charge in [-0.1, -0.05) is 36.8 Å². The fraction of sp³-hybridized carbons (Fsp3) is 0.190. The molecule has 136 valence electrons. The smallest absolute Gasteiger partial charge is 0.363 e. The van der Waals surface area contributed by atoms with Crippen molar-refractivity contribution >= 4 is 23.1 Å². The zero-order valence-electron chi connectivity index (χ0n) is 14.8. The Hall–Kier alpha value is -2.86. The molecule has 0 saturated carbocycles. The van der Waals surface area contributed by atoms with Crippen molar-refractivity contribution in [3.8, 4) is 16.3 Å². The quantitative estimate of drug-likeness (QED) is 0.464. The predicted molar refractivity (Wildman–Crippen MR) is 101 cm³/mol. The number of rotatable bonds is 3.